The van der Waals surface area contributed by atoms with Crippen molar-refractivity contribution >= 4 is 39.2 Å². The van der Waals surface area contributed by atoms with Gasteiger partial charge in [0.25, 0.3) is 4.84 Å². The Morgan fingerprint density at radius 1 is 1.50 bits per heavy atom. The van der Waals surface area contributed by atoms with Crippen LogP contribution >= 0.6 is 28.1 Å². The first-order valence-corrected chi connectivity index (χ1v) is 4.66. The molecule has 0 fully saturated rings. The van der Waals surface area contributed by atoms with Gasteiger partial charge in [-0.1, -0.05) is 15.9 Å². The SMILES string of the molecule is Cc1cc(Br)cc2[nH]c(=S)oc12. The van der Waals surface area contributed by atoms with Crippen molar-refractivity contribution < 1.29 is 4.42 Å². The van der Waals surface area contributed by atoms with E-state index in [0.29, 0.717) is 4.84 Å². The third-order valence-corrected chi connectivity index (χ3v) is 2.31. The molecule has 1 aromatic heterocycles. The van der Waals surface area contributed by atoms with Crippen LogP contribution in [0.5, 0.6) is 0 Å². The zero-order valence-corrected chi connectivity index (χ0v) is 8.75. The molecule has 12 heavy (non-hydrogen) atoms. The first kappa shape index (κ1) is 8.01. The predicted molar refractivity (Wildman–Crippen MR) is 53.8 cm³/mol. The van der Waals surface area contributed by atoms with Crippen molar-refractivity contribution in [2.75, 3.05) is 0 Å². The van der Waals surface area contributed by atoms with Gasteiger partial charge in [-0.15, -0.1) is 0 Å². The quantitative estimate of drug-likeness (QED) is 0.718. The fraction of sp³-hybridized carbons (Fsp3) is 0.125. The summed E-state index contributed by atoms with van der Waals surface area (Å²) in [6, 6.07) is 3.94. The largest absolute Gasteiger partial charge is 0.429 e. The molecule has 1 heterocycles. The Kier molecular flexibility index (Phi) is 1.81. The van der Waals surface area contributed by atoms with Gasteiger partial charge >= 0.3 is 0 Å². The normalized spacial score (nSPS) is 10.8. The van der Waals surface area contributed by atoms with Crippen LogP contribution in [0.1, 0.15) is 5.56 Å². The van der Waals surface area contributed by atoms with Crippen molar-refractivity contribution in [2.24, 2.45) is 0 Å². The molecule has 0 atom stereocenters. The number of rotatable bonds is 0. The van der Waals surface area contributed by atoms with Gasteiger partial charge in [-0.3, -0.25) is 0 Å². The van der Waals surface area contributed by atoms with Crippen LogP contribution in [0, 0.1) is 11.8 Å². The lowest BCUT2D eigenvalue weighted by atomic mass is 10.2. The Bertz CT molecular complexity index is 485. The van der Waals surface area contributed by atoms with Gasteiger partial charge in [0.05, 0.1) is 5.52 Å². The highest BCUT2D eigenvalue weighted by atomic mass is 79.9. The zero-order chi connectivity index (χ0) is 8.72. The van der Waals surface area contributed by atoms with Crippen molar-refractivity contribution in [3.8, 4) is 0 Å². The van der Waals surface area contributed by atoms with E-state index in [9.17, 15) is 0 Å². The maximum Gasteiger partial charge on any atom is 0.266 e. The molecule has 1 aromatic carbocycles. The average molecular weight is 244 g/mol. The summed E-state index contributed by atoms with van der Waals surface area (Å²) >= 11 is 8.28. The van der Waals surface area contributed by atoms with Gasteiger partial charge < -0.3 is 9.40 Å². The molecule has 0 aliphatic carbocycles. The topological polar surface area (TPSA) is 28.9 Å². The molecule has 0 amide bonds. The van der Waals surface area contributed by atoms with Crippen LogP contribution in [0.15, 0.2) is 21.0 Å². The highest BCUT2D eigenvalue weighted by Gasteiger charge is 2.02. The molecule has 0 aliphatic rings. The number of H-pyrrole nitrogens is 1. The van der Waals surface area contributed by atoms with Gasteiger partial charge in [0.15, 0.2) is 5.58 Å². The molecule has 1 N–H and O–H groups in total. The van der Waals surface area contributed by atoms with Crippen LogP contribution in [0.25, 0.3) is 11.1 Å². The van der Waals surface area contributed by atoms with E-state index in [1.165, 1.54) is 0 Å². The Hall–Kier alpha value is -0.610. The second-order valence-corrected chi connectivity index (χ2v) is 3.90. The van der Waals surface area contributed by atoms with E-state index < -0.39 is 0 Å². The molecule has 0 unspecified atom stereocenters. The highest BCUT2D eigenvalue weighted by molar-refractivity contribution is 9.10. The third kappa shape index (κ3) is 1.21. The molecular formula is C8H6BrNOS. The van der Waals surface area contributed by atoms with Crippen molar-refractivity contribution in [2.45, 2.75) is 6.92 Å². The van der Waals surface area contributed by atoms with Crippen LogP contribution < -0.4 is 0 Å². The maximum atomic E-state index is 5.29. The van der Waals surface area contributed by atoms with Gasteiger partial charge in [-0.05, 0) is 36.8 Å². The Morgan fingerprint density at radius 3 is 3.00 bits per heavy atom. The van der Waals surface area contributed by atoms with E-state index >= 15 is 0 Å². The van der Waals surface area contributed by atoms with E-state index in [0.717, 1.165) is 21.1 Å². The Labute approximate surface area is 82.7 Å². The summed E-state index contributed by atoms with van der Waals surface area (Å²) in [5, 5.41) is 0. The van der Waals surface area contributed by atoms with E-state index in [1.54, 1.807) is 0 Å². The van der Waals surface area contributed by atoms with Crippen molar-refractivity contribution in [1.82, 2.24) is 4.98 Å². The summed E-state index contributed by atoms with van der Waals surface area (Å²) in [7, 11) is 0. The smallest absolute Gasteiger partial charge is 0.266 e. The summed E-state index contributed by atoms with van der Waals surface area (Å²) in [4.78, 5) is 3.38. The molecule has 4 heteroatoms. The van der Waals surface area contributed by atoms with Gasteiger partial charge in [0.2, 0.25) is 0 Å². The van der Waals surface area contributed by atoms with Gasteiger partial charge in [-0.25, -0.2) is 0 Å². The lowest BCUT2D eigenvalue weighted by molar-refractivity contribution is 0.581. The second-order valence-electron chi connectivity index (χ2n) is 2.61. The molecule has 0 spiro atoms. The summed E-state index contributed by atoms with van der Waals surface area (Å²) in [6.07, 6.45) is 0. The van der Waals surface area contributed by atoms with Crippen LogP contribution in [0.2, 0.25) is 0 Å². The monoisotopic (exact) mass is 243 g/mol. The first-order chi connectivity index (χ1) is 5.66. The van der Waals surface area contributed by atoms with Gasteiger partial charge in [0.1, 0.15) is 0 Å². The van der Waals surface area contributed by atoms with Gasteiger partial charge in [0, 0.05) is 4.47 Å². The highest BCUT2D eigenvalue weighted by Crippen LogP contribution is 2.22. The lowest BCUT2D eigenvalue weighted by Crippen LogP contribution is -1.74. The molecule has 0 bridgehead atoms. The van der Waals surface area contributed by atoms with Crippen LogP contribution in [-0.4, -0.2) is 4.98 Å². The Morgan fingerprint density at radius 2 is 2.25 bits per heavy atom. The number of hydrogen-bond acceptors (Lipinski definition) is 2. The third-order valence-electron chi connectivity index (χ3n) is 1.67. The zero-order valence-electron chi connectivity index (χ0n) is 6.35. The molecular weight excluding hydrogens is 238 g/mol. The van der Waals surface area contributed by atoms with E-state index in [-0.39, 0.29) is 0 Å². The average Bonchev–Trinajstić information content (AvgIpc) is 2.29. The van der Waals surface area contributed by atoms with Crippen molar-refractivity contribution in [3.63, 3.8) is 0 Å². The first-order valence-electron chi connectivity index (χ1n) is 3.46. The predicted octanol–water partition coefficient (Wildman–Crippen LogP) is 3.56. The second kappa shape index (κ2) is 2.71. The summed E-state index contributed by atoms with van der Waals surface area (Å²) < 4.78 is 6.32. The number of aromatic amines is 1. The fourth-order valence-electron chi connectivity index (χ4n) is 1.19. The summed E-state index contributed by atoms with van der Waals surface area (Å²) in [5.41, 5.74) is 2.85. The number of fused-ring (bicyclic) bond motifs is 1. The fourth-order valence-corrected chi connectivity index (χ4v) is 1.95. The standard InChI is InChI=1S/C8H6BrNOS/c1-4-2-5(9)3-6-7(4)11-8(12)10-6/h2-3H,1H3,(H,10,12). The summed E-state index contributed by atoms with van der Waals surface area (Å²) in [5.74, 6) is 0. The number of benzene rings is 1. The van der Waals surface area contributed by atoms with Crippen LogP contribution in [0.4, 0.5) is 0 Å². The van der Waals surface area contributed by atoms with E-state index in [1.807, 2.05) is 19.1 Å². The number of oxazole rings is 1. The molecule has 2 nitrogen and oxygen atoms in total. The van der Waals surface area contributed by atoms with Crippen molar-refractivity contribution in [3.05, 3.63) is 27.0 Å². The summed E-state index contributed by atoms with van der Waals surface area (Å²) in [6.45, 7) is 1.99. The van der Waals surface area contributed by atoms with E-state index in [2.05, 4.69) is 20.9 Å². The molecule has 2 aromatic rings. The Balaban J connectivity index is 2.97. The minimum absolute atomic E-state index is 0.422. The number of nitrogens with one attached hydrogen (secondary N) is 1. The molecule has 0 aliphatic heterocycles. The molecule has 0 radical (unpaired) electrons. The minimum Gasteiger partial charge on any atom is -0.429 e. The number of aryl methyl sites for hydroxylation is 1. The van der Waals surface area contributed by atoms with Crippen LogP contribution in [-0.2, 0) is 0 Å². The van der Waals surface area contributed by atoms with Crippen molar-refractivity contribution in [1.29, 1.82) is 0 Å². The molecule has 2 rings (SSSR count). The van der Waals surface area contributed by atoms with Crippen LogP contribution in [0.3, 0.4) is 0 Å². The number of halogens is 1. The molecule has 62 valence electrons. The number of aromatic nitrogens is 1. The lowest BCUT2D eigenvalue weighted by Gasteiger charge is -1.93. The van der Waals surface area contributed by atoms with E-state index in [4.69, 9.17) is 16.6 Å². The van der Waals surface area contributed by atoms with Gasteiger partial charge in [-0.2, -0.15) is 0 Å². The minimum atomic E-state index is 0.422. The molecule has 0 saturated carbocycles. The maximum absolute atomic E-state index is 5.29. The molecule has 0 saturated heterocycles. The number of hydrogen-bond donors (Lipinski definition) is 1.